The van der Waals surface area contributed by atoms with Crippen molar-refractivity contribution in [2.24, 2.45) is 0 Å². The SMILES string of the molecule is CNC1CCCN(c2c(F)cc3c(=O)c(C(=O)O)cn(C4CC4)c3c2OC)C1.Cl. The second-order valence-corrected chi connectivity index (χ2v) is 7.53. The zero-order chi connectivity index (χ0) is 20.0. The molecule has 2 fully saturated rings. The molecule has 2 heterocycles. The number of piperidine rings is 1. The standard InChI is InChI=1S/C20H24FN3O4.ClH/c1-22-11-4-3-7-23(9-11)17-15(21)8-13-16(19(17)28-2)24(12-5-6-12)10-14(18(13)25)20(26)27;/h8,10-12,22H,3-7,9H2,1-2H3,(H,26,27);1H. The molecular weight excluding hydrogens is 401 g/mol. The smallest absolute Gasteiger partial charge is 0.341 e. The maximum atomic E-state index is 15.2. The number of aromatic carboxylic acids is 1. The van der Waals surface area contributed by atoms with Gasteiger partial charge in [-0.2, -0.15) is 0 Å². The number of methoxy groups -OCH3 is 1. The number of aromatic nitrogens is 1. The van der Waals surface area contributed by atoms with Crippen LogP contribution in [0.15, 0.2) is 17.1 Å². The second kappa shape index (κ2) is 8.20. The first-order valence-electron chi connectivity index (χ1n) is 9.57. The van der Waals surface area contributed by atoms with Crippen molar-refractivity contribution in [3.05, 3.63) is 33.9 Å². The lowest BCUT2D eigenvalue weighted by atomic mass is 10.0. The zero-order valence-corrected chi connectivity index (χ0v) is 17.2. The first-order chi connectivity index (χ1) is 13.5. The van der Waals surface area contributed by atoms with Gasteiger partial charge in [0.15, 0.2) is 11.6 Å². The normalized spacial score (nSPS) is 19.1. The van der Waals surface area contributed by atoms with Crippen LogP contribution < -0.4 is 20.4 Å². The van der Waals surface area contributed by atoms with Crippen molar-refractivity contribution >= 4 is 35.0 Å². The highest BCUT2D eigenvalue weighted by Crippen LogP contribution is 2.44. The minimum Gasteiger partial charge on any atom is -0.492 e. The minimum absolute atomic E-state index is 0. The van der Waals surface area contributed by atoms with Crippen molar-refractivity contribution in [1.82, 2.24) is 9.88 Å². The predicted molar refractivity (Wildman–Crippen MR) is 111 cm³/mol. The van der Waals surface area contributed by atoms with Gasteiger partial charge in [0.2, 0.25) is 5.43 Å². The number of carboxylic acids is 1. The number of likely N-dealkylation sites (N-methyl/N-ethyl adjacent to an activating group) is 1. The lowest BCUT2D eigenvalue weighted by Gasteiger charge is -2.35. The van der Waals surface area contributed by atoms with Crippen molar-refractivity contribution < 1.29 is 19.0 Å². The lowest BCUT2D eigenvalue weighted by molar-refractivity contribution is 0.0695. The predicted octanol–water partition coefficient (Wildman–Crippen LogP) is 2.79. The number of pyridine rings is 1. The molecule has 1 aliphatic heterocycles. The molecule has 2 aliphatic rings. The van der Waals surface area contributed by atoms with Gasteiger partial charge in [-0.3, -0.25) is 4.79 Å². The largest absolute Gasteiger partial charge is 0.492 e. The summed E-state index contributed by atoms with van der Waals surface area (Å²) in [4.78, 5) is 26.2. The Balaban J connectivity index is 0.00000240. The summed E-state index contributed by atoms with van der Waals surface area (Å²) >= 11 is 0. The van der Waals surface area contributed by atoms with E-state index in [9.17, 15) is 14.7 Å². The maximum Gasteiger partial charge on any atom is 0.341 e. The number of anilines is 1. The van der Waals surface area contributed by atoms with Gasteiger partial charge in [0.05, 0.1) is 18.0 Å². The number of halogens is 2. The molecule has 1 unspecified atom stereocenters. The fourth-order valence-corrected chi connectivity index (χ4v) is 4.14. The maximum absolute atomic E-state index is 15.2. The number of nitrogens with zero attached hydrogens (tertiary/aromatic N) is 2. The molecule has 0 amide bonds. The van der Waals surface area contributed by atoms with Crippen molar-refractivity contribution in [3.8, 4) is 5.75 Å². The van der Waals surface area contributed by atoms with Crippen LogP contribution in [-0.2, 0) is 0 Å². The molecule has 2 aromatic rings. The Morgan fingerprint density at radius 2 is 2.07 bits per heavy atom. The van der Waals surface area contributed by atoms with E-state index in [1.807, 2.05) is 11.9 Å². The fourth-order valence-electron chi connectivity index (χ4n) is 4.14. The number of carboxylic acid groups (broad SMARTS) is 1. The molecule has 2 N–H and O–H groups in total. The number of hydrogen-bond acceptors (Lipinski definition) is 5. The quantitative estimate of drug-likeness (QED) is 0.766. The lowest BCUT2D eigenvalue weighted by Crippen LogP contribution is -2.45. The molecule has 1 aliphatic carbocycles. The molecule has 0 spiro atoms. The Morgan fingerprint density at radius 3 is 2.66 bits per heavy atom. The van der Waals surface area contributed by atoms with Crippen LogP contribution in [0.3, 0.4) is 0 Å². The van der Waals surface area contributed by atoms with E-state index in [-0.39, 0.29) is 35.4 Å². The number of hydrogen-bond donors (Lipinski definition) is 2. The molecule has 7 nitrogen and oxygen atoms in total. The number of nitrogens with one attached hydrogen (secondary N) is 1. The van der Waals surface area contributed by atoms with Crippen LogP contribution in [0.2, 0.25) is 0 Å². The second-order valence-electron chi connectivity index (χ2n) is 7.53. The third-order valence-electron chi connectivity index (χ3n) is 5.72. The summed E-state index contributed by atoms with van der Waals surface area (Å²) in [6, 6.07) is 1.51. The van der Waals surface area contributed by atoms with Crippen molar-refractivity contribution in [3.63, 3.8) is 0 Å². The molecule has 29 heavy (non-hydrogen) atoms. The number of fused-ring (bicyclic) bond motifs is 1. The average molecular weight is 426 g/mol. The monoisotopic (exact) mass is 425 g/mol. The van der Waals surface area contributed by atoms with E-state index in [1.54, 1.807) is 4.57 Å². The van der Waals surface area contributed by atoms with Crippen molar-refractivity contribution in [2.75, 3.05) is 32.1 Å². The molecular formula is C20H25ClFN3O4. The topological polar surface area (TPSA) is 83.8 Å². The van der Waals surface area contributed by atoms with Gasteiger partial charge in [-0.05, 0) is 38.8 Å². The summed E-state index contributed by atoms with van der Waals surface area (Å²) < 4.78 is 22.6. The van der Waals surface area contributed by atoms with Gasteiger partial charge in [-0.1, -0.05) is 0 Å². The summed E-state index contributed by atoms with van der Waals surface area (Å²) in [7, 11) is 3.35. The van der Waals surface area contributed by atoms with E-state index in [0.29, 0.717) is 30.0 Å². The molecule has 4 rings (SSSR count). The summed E-state index contributed by atoms with van der Waals surface area (Å²) in [6.07, 6.45) is 5.08. The third kappa shape index (κ3) is 3.67. The van der Waals surface area contributed by atoms with Gasteiger partial charge in [0.25, 0.3) is 0 Å². The van der Waals surface area contributed by atoms with E-state index in [0.717, 1.165) is 25.7 Å². The van der Waals surface area contributed by atoms with Gasteiger partial charge in [-0.15, -0.1) is 12.4 Å². The Hall–Kier alpha value is -2.32. The number of benzene rings is 1. The Kier molecular flexibility index (Phi) is 6.05. The first-order valence-corrected chi connectivity index (χ1v) is 9.57. The summed E-state index contributed by atoms with van der Waals surface area (Å²) in [5.74, 6) is -1.58. The molecule has 158 valence electrons. The van der Waals surface area contributed by atoms with Gasteiger partial charge >= 0.3 is 5.97 Å². The van der Waals surface area contributed by atoms with E-state index >= 15 is 4.39 Å². The van der Waals surface area contributed by atoms with Crippen LogP contribution in [0.25, 0.3) is 10.9 Å². The molecule has 0 radical (unpaired) electrons. The minimum atomic E-state index is -1.31. The van der Waals surface area contributed by atoms with E-state index < -0.39 is 17.2 Å². The summed E-state index contributed by atoms with van der Waals surface area (Å²) in [6.45, 7) is 1.33. The molecule has 9 heteroatoms. The highest BCUT2D eigenvalue weighted by Gasteiger charge is 2.32. The van der Waals surface area contributed by atoms with Crippen molar-refractivity contribution in [1.29, 1.82) is 0 Å². The average Bonchev–Trinajstić information content (AvgIpc) is 3.52. The van der Waals surface area contributed by atoms with Crippen LogP contribution in [0.1, 0.15) is 42.1 Å². The Labute approximate surface area is 173 Å². The third-order valence-corrected chi connectivity index (χ3v) is 5.72. The zero-order valence-electron chi connectivity index (χ0n) is 16.4. The van der Waals surface area contributed by atoms with E-state index in [2.05, 4.69) is 5.32 Å². The fraction of sp³-hybridized carbons (Fsp3) is 0.500. The molecule has 0 bridgehead atoms. The van der Waals surface area contributed by atoms with Crippen LogP contribution >= 0.6 is 12.4 Å². The number of carbonyl (C=O) groups is 1. The van der Waals surface area contributed by atoms with Crippen LogP contribution in [-0.4, -0.2) is 48.9 Å². The van der Waals surface area contributed by atoms with Gasteiger partial charge in [0.1, 0.15) is 11.3 Å². The van der Waals surface area contributed by atoms with Crippen LogP contribution in [0.5, 0.6) is 5.75 Å². The van der Waals surface area contributed by atoms with E-state index in [1.165, 1.54) is 19.4 Å². The van der Waals surface area contributed by atoms with Crippen LogP contribution in [0.4, 0.5) is 10.1 Å². The Morgan fingerprint density at radius 1 is 1.34 bits per heavy atom. The van der Waals surface area contributed by atoms with Gasteiger partial charge < -0.3 is 24.6 Å². The molecule has 1 saturated carbocycles. The molecule has 1 aromatic carbocycles. The number of ether oxygens (including phenoxy) is 1. The summed E-state index contributed by atoms with van der Waals surface area (Å²) in [5.41, 5.74) is -0.216. The summed E-state index contributed by atoms with van der Waals surface area (Å²) in [5, 5.41) is 12.7. The van der Waals surface area contributed by atoms with Crippen LogP contribution in [0, 0.1) is 5.82 Å². The highest BCUT2D eigenvalue weighted by molar-refractivity contribution is 5.97. The van der Waals surface area contributed by atoms with Gasteiger partial charge in [-0.25, -0.2) is 9.18 Å². The van der Waals surface area contributed by atoms with Gasteiger partial charge in [0, 0.05) is 31.4 Å². The van der Waals surface area contributed by atoms with Crippen molar-refractivity contribution in [2.45, 2.75) is 37.8 Å². The first kappa shape index (κ1) is 21.4. The molecule has 1 atom stereocenters. The Bertz CT molecular complexity index is 1010. The molecule has 1 saturated heterocycles. The van der Waals surface area contributed by atoms with E-state index in [4.69, 9.17) is 4.74 Å². The number of rotatable bonds is 5. The molecule has 1 aromatic heterocycles. The highest BCUT2D eigenvalue weighted by atomic mass is 35.5.